The third-order valence-corrected chi connectivity index (χ3v) is 7.71. The number of fused-ring (bicyclic) bond motifs is 1. The molecule has 1 atom stereocenters. The first-order valence-corrected chi connectivity index (χ1v) is 16.6. The molecule has 1 aromatic carbocycles. The van der Waals surface area contributed by atoms with Crippen LogP contribution in [-0.4, -0.2) is 109 Å². The van der Waals surface area contributed by atoms with Crippen LogP contribution in [0.15, 0.2) is 41.0 Å². The Morgan fingerprint density at radius 2 is 1.66 bits per heavy atom. The third-order valence-electron chi connectivity index (χ3n) is 7.71. The van der Waals surface area contributed by atoms with Crippen molar-refractivity contribution in [3.63, 3.8) is 0 Å². The second-order valence-corrected chi connectivity index (χ2v) is 12.5. The number of ether oxygens (including phenoxy) is 3. The molecule has 3 rings (SSSR count). The van der Waals surface area contributed by atoms with Crippen molar-refractivity contribution in [2.75, 3.05) is 81.1 Å². The number of nitrogen functional groups attached to an aromatic ring is 1. The number of aromatic nitrogens is 2. The number of amides is 1. The number of carboxylic acids is 1. The first-order chi connectivity index (χ1) is 23.9. The molecule has 276 valence electrons. The van der Waals surface area contributed by atoms with Gasteiger partial charge in [-0.3, -0.25) is 24.3 Å². The van der Waals surface area contributed by atoms with Crippen LogP contribution in [0.4, 0.5) is 23.1 Å². The van der Waals surface area contributed by atoms with Gasteiger partial charge in [0.05, 0.1) is 45.3 Å². The standard InChI is InChI=1S/C33H51N9O8/c1-33(2,3)42(21-34)12-14-49-16-18-50-17-15-48-13-4-5-25(43)10-11-26(31(46)47)39-29(44)22-6-8-23(9-7-22)36-19-24-20-37-28-27(38-24)30(45)41-32(35)40-28/h6-9,20,26,36,38H,4-5,10-19,21,34H2,1-3H3,(H,39,44)(H,46,47)(H4,35,37,40,41,45)/t26-/m0/s1. The summed E-state index contributed by atoms with van der Waals surface area (Å²) < 4.78 is 16.6. The number of carboxylic acid groups (broad SMARTS) is 1. The van der Waals surface area contributed by atoms with E-state index in [9.17, 15) is 24.3 Å². The minimum absolute atomic E-state index is 0.00163. The first-order valence-electron chi connectivity index (χ1n) is 16.6. The normalized spacial score (nSPS) is 13.1. The maximum Gasteiger partial charge on any atom is 0.326 e. The number of rotatable bonds is 23. The second kappa shape index (κ2) is 20.2. The first kappa shape index (κ1) is 39.9. The number of ketones is 1. The topological polar surface area (TPSA) is 248 Å². The van der Waals surface area contributed by atoms with Crippen molar-refractivity contribution in [2.24, 2.45) is 5.73 Å². The minimum atomic E-state index is -1.22. The van der Waals surface area contributed by atoms with Crippen molar-refractivity contribution in [1.82, 2.24) is 20.2 Å². The number of carbonyl (C=O) groups is 3. The van der Waals surface area contributed by atoms with Gasteiger partial charge in [-0.05, 0) is 57.9 Å². The van der Waals surface area contributed by atoms with E-state index in [4.69, 9.17) is 25.7 Å². The molecular weight excluding hydrogens is 650 g/mol. The maximum atomic E-state index is 12.8. The fourth-order valence-electron chi connectivity index (χ4n) is 4.81. The molecule has 0 bridgehead atoms. The van der Waals surface area contributed by atoms with Crippen LogP contribution < -0.4 is 38.3 Å². The number of benzene rings is 1. The Balaban J connectivity index is 1.25. The van der Waals surface area contributed by atoms with E-state index >= 15 is 0 Å². The van der Waals surface area contributed by atoms with Crippen molar-refractivity contribution in [2.45, 2.75) is 58.0 Å². The average molecular weight is 702 g/mol. The summed E-state index contributed by atoms with van der Waals surface area (Å²) in [4.78, 5) is 57.6. The summed E-state index contributed by atoms with van der Waals surface area (Å²) in [6.45, 7) is 10.5. The van der Waals surface area contributed by atoms with Crippen LogP contribution in [0.3, 0.4) is 0 Å². The molecule has 2 heterocycles. The van der Waals surface area contributed by atoms with Gasteiger partial charge in [0, 0.05) is 55.7 Å². The molecule has 0 spiro atoms. The van der Waals surface area contributed by atoms with Gasteiger partial charge in [-0.15, -0.1) is 0 Å². The van der Waals surface area contributed by atoms with E-state index in [1.807, 2.05) is 0 Å². The molecule has 10 N–H and O–H groups in total. The van der Waals surface area contributed by atoms with Gasteiger partial charge in [-0.25, -0.2) is 4.79 Å². The summed E-state index contributed by atoms with van der Waals surface area (Å²) in [6, 6.07) is 5.23. The number of nitrogens with two attached hydrogens (primary N) is 2. The minimum Gasteiger partial charge on any atom is -0.480 e. The largest absolute Gasteiger partial charge is 0.480 e. The quantitative estimate of drug-likeness (QED) is 0.0604. The number of nitrogens with zero attached hydrogens (tertiary/aromatic N) is 2. The lowest BCUT2D eigenvalue weighted by Crippen LogP contribution is -2.46. The Labute approximate surface area is 291 Å². The molecular formula is C33H51N9O8. The highest BCUT2D eigenvalue weighted by molar-refractivity contribution is 5.97. The zero-order valence-electron chi connectivity index (χ0n) is 29.0. The summed E-state index contributed by atoms with van der Waals surface area (Å²) in [5.74, 6) is -1.58. The summed E-state index contributed by atoms with van der Waals surface area (Å²) in [5.41, 5.74) is 12.8. The van der Waals surface area contributed by atoms with Crippen molar-refractivity contribution < 1.29 is 33.7 Å². The molecule has 0 saturated carbocycles. The summed E-state index contributed by atoms with van der Waals surface area (Å²) in [7, 11) is 0. The van der Waals surface area contributed by atoms with Gasteiger partial charge in [-0.2, -0.15) is 4.98 Å². The van der Waals surface area contributed by atoms with E-state index in [-0.39, 0.29) is 47.8 Å². The van der Waals surface area contributed by atoms with E-state index in [2.05, 4.69) is 56.9 Å². The lowest BCUT2D eigenvalue weighted by atomic mass is 10.1. The van der Waals surface area contributed by atoms with Gasteiger partial charge in [0.2, 0.25) is 5.95 Å². The Morgan fingerprint density at radius 3 is 2.30 bits per heavy atom. The van der Waals surface area contributed by atoms with Crippen molar-refractivity contribution in [3.8, 4) is 0 Å². The fourth-order valence-corrected chi connectivity index (χ4v) is 4.81. The number of aromatic amines is 1. The lowest BCUT2D eigenvalue weighted by Gasteiger charge is -2.34. The van der Waals surface area contributed by atoms with Crippen LogP contribution in [0.25, 0.3) is 0 Å². The molecule has 50 heavy (non-hydrogen) atoms. The molecule has 0 saturated heterocycles. The summed E-state index contributed by atoms with van der Waals surface area (Å²) >= 11 is 0. The van der Waals surface area contributed by atoms with Crippen LogP contribution in [-0.2, 0) is 23.8 Å². The monoisotopic (exact) mass is 701 g/mol. The molecule has 0 radical (unpaired) electrons. The maximum absolute atomic E-state index is 12.8. The second-order valence-electron chi connectivity index (χ2n) is 12.5. The fraction of sp³-hybridized carbons (Fsp3) is 0.545. The number of hydrogen-bond donors (Lipinski definition) is 8. The lowest BCUT2D eigenvalue weighted by molar-refractivity contribution is -0.139. The highest BCUT2D eigenvalue weighted by Crippen LogP contribution is 2.21. The average Bonchev–Trinajstić information content (AvgIpc) is 3.07. The smallest absolute Gasteiger partial charge is 0.326 e. The SMILES string of the molecule is CC(C)(C)N(CN)CCOCCOCCOCCCC(=O)CC[C@H](NC(=O)c1ccc(NCC2=CNc3nc(N)[nH]c(=O)c3N2)cc1)C(=O)O. The molecule has 1 aromatic heterocycles. The number of anilines is 4. The van der Waals surface area contributed by atoms with Crippen LogP contribution in [0.5, 0.6) is 0 Å². The molecule has 0 fully saturated rings. The molecule has 2 aromatic rings. The van der Waals surface area contributed by atoms with Gasteiger partial charge in [0.25, 0.3) is 11.5 Å². The van der Waals surface area contributed by atoms with E-state index < -0.39 is 23.5 Å². The van der Waals surface area contributed by atoms with Gasteiger partial charge >= 0.3 is 5.97 Å². The zero-order valence-corrected chi connectivity index (χ0v) is 29.0. The molecule has 17 nitrogen and oxygen atoms in total. The number of Topliss-reactive ketones (excluding diaryl/α,β-unsaturated/α-hetero) is 1. The molecule has 1 aliphatic heterocycles. The van der Waals surface area contributed by atoms with Crippen LogP contribution >= 0.6 is 0 Å². The number of hydrogen-bond acceptors (Lipinski definition) is 14. The predicted molar refractivity (Wildman–Crippen MR) is 190 cm³/mol. The van der Waals surface area contributed by atoms with E-state index in [0.717, 1.165) is 6.54 Å². The summed E-state index contributed by atoms with van der Waals surface area (Å²) in [5, 5.41) is 21.2. The predicted octanol–water partition coefficient (Wildman–Crippen LogP) is 1.52. The zero-order chi connectivity index (χ0) is 36.5. The number of aliphatic carboxylic acids is 1. The summed E-state index contributed by atoms with van der Waals surface area (Å²) in [6.07, 6.45) is 2.38. The van der Waals surface area contributed by atoms with Crippen LogP contribution in [0.1, 0.15) is 56.8 Å². The molecule has 17 heteroatoms. The van der Waals surface area contributed by atoms with Crippen molar-refractivity contribution in [1.29, 1.82) is 0 Å². The highest BCUT2D eigenvalue weighted by Gasteiger charge is 2.22. The van der Waals surface area contributed by atoms with Gasteiger partial charge in [0.1, 0.15) is 17.5 Å². The van der Waals surface area contributed by atoms with Crippen LogP contribution in [0, 0.1) is 0 Å². The van der Waals surface area contributed by atoms with Crippen LogP contribution in [0.2, 0.25) is 0 Å². The Kier molecular flexibility index (Phi) is 16.1. The highest BCUT2D eigenvalue weighted by atomic mass is 16.5. The van der Waals surface area contributed by atoms with Gasteiger partial charge in [-0.1, -0.05) is 0 Å². The molecule has 1 aliphatic rings. The molecule has 0 aliphatic carbocycles. The molecule has 1 amide bonds. The number of nitrogens with one attached hydrogen (secondary N) is 5. The number of carbonyl (C=O) groups excluding carboxylic acids is 2. The Morgan fingerprint density at radius 1 is 1.00 bits per heavy atom. The van der Waals surface area contributed by atoms with Crippen molar-refractivity contribution in [3.05, 3.63) is 52.1 Å². The van der Waals surface area contributed by atoms with E-state index in [1.165, 1.54) is 0 Å². The van der Waals surface area contributed by atoms with E-state index in [0.29, 0.717) is 76.5 Å². The Bertz CT molecular complexity index is 1490. The molecule has 0 unspecified atom stereocenters. The number of H-pyrrole nitrogens is 1. The van der Waals surface area contributed by atoms with Gasteiger partial charge in [0.15, 0.2) is 5.82 Å². The van der Waals surface area contributed by atoms with E-state index in [1.54, 1.807) is 30.5 Å². The van der Waals surface area contributed by atoms with Crippen molar-refractivity contribution >= 4 is 40.8 Å². The Hall–Kier alpha value is -4.55. The van der Waals surface area contributed by atoms with Gasteiger partial charge < -0.3 is 52.1 Å². The third kappa shape index (κ3) is 13.8.